The third-order valence-electron chi connectivity index (χ3n) is 3.18. The van der Waals surface area contributed by atoms with Crippen LogP contribution >= 0.6 is 23.8 Å². The first kappa shape index (κ1) is 16.3. The zero-order valence-corrected chi connectivity index (χ0v) is 13.9. The number of thiocarbonyl (C=S) groups is 1. The van der Waals surface area contributed by atoms with Crippen molar-refractivity contribution in [2.75, 3.05) is 5.32 Å². The molecule has 0 spiro atoms. The van der Waals surface area contributed by atoms with Gasteiger partial charge in [0, 0.05) is 16.6 Å². The van der Waals surface area contributed by atoms with Crippen molar-refractivity contribution in [1.29, 1.82) is 0 Å². The lowest BCUT2D eigenvalue weighted by Gasteiger charge is -2.06. The number of benzene rings is 2. The van der Waals surface area contributed by atoms with Crippen LogP contribution in [-0.2, 0) is 0 Å². The Morgan fingerprint density at radius 1 is 1.17 bits per heavy atom. The van der Waals surface area contributed by atoms with Crippen molar-refractivity contribution in [3.05, 3.63) is 71.1 Å². The molecular weight excluding hydrogens is 347 g/mol. The van der Waals surface area contributed by atoms with E-state index in [0.717, 1.165) is 10.9 Å². The van der Waals surface area contributed by atoms with E-state index in [9.17, 15) is 4.39 Å². The fraction of sp³-hybridized carbons (Fsp3) is 0. The molecular formula is C17H12ClFN4S. The molecule has 2 N–H and O–H groups in total. The summed E-state index contributed by atoms with van der Waals surface area (Å²) in [6.07, 6.45) is 1.54. The smallest absolute Gasteiger partial charge is 0.191 e. The molecule has 0 fully saturated rings. The Hall–Kier alpha value is -2.57. The first-order valence-corrected chi connectivity index (χ1v) is 7.81. The predicted octanol–water partition coefficient (Wildman–Crippen LogP) is 4.35. The number of anilines is 1. The Kier molecular flexibility index (Phi) is 4.98. The van der Waals surface area contributed by atoms with Crippen molar-refractivity contribution in [3.8, 4) is 0 Å². The molecule has 120 valence electrons. The number of pyridine rings is 1. The number of hydrogen-bond acceptors (Lipinski definition) is 3. The summed E-state index contributed by atoms with van der Waals surface area (Å²) in [5.74, 6) is -0.309. The van der Waals surface area contributed by atoms with Crippen LogP contribution in [-0.4, -0.2) is 16.3 Å². The van der Waals surface area contributed by atoms with Crippen LogP contribution in [0.3, 0.4) is 0 Å². The van der Waals surface area contributed by atoms with Crippen LogP contribution in [0.2, 0.25) is 5.15 Å². The summed E-state index contributed by atoms with van der Waals surface area (Å²) in [7, 11) is 0. The van der Waals surface area contributed by atoms with Crippen LogP contribution in [0.1, 0.15) is 5.56 Å². The van der Waals surface area contributed by atoms with Gasteiger partial charge in [0.15, 0.2) is 5.11 Å². The van der Waals surface area contributed by atoms with Crippen LogP contribution in [0.4, 0.5) is 10.1 Å². The predicted molar refractivity (Wildman–Crippen MR) is 100 cm³/mol. The highest BCUT2D eigenvalue weighted by molar-refractivity contribution is 7.80. The highest BCUT2D eigenvalue weighted by Crippen LogP contribution is 2.18. The van der Waals surface area contributed by atoms with E-state index in [1.807, 2.05) is 30.3 Å². The Labute approximate surface area is 148 Å². The van der Waals surface area contributed by atoms with Gasteiger partial charge >= 0.3 is 0 Å². The van der Waals surface area contributed by atoms with Gasteiger partial charge < -0.3 is 5.32 Å². The topological polar surface area (TPSA) is 49.3 Å². The molecule has 1 aromatic heterocycles. The summed E-state index contributed by atoms with van der Waals surface area (Å²) in [6, 6.07) is 15.4. The Balaban J connectivity index is 1.66. The van der Waals surface area contributed by atoms with Gasteiger partial charge in [-0.3, -0.25) is 5.43 Å². The molecule has 0 aliphatic rings. The molecule has 4 nitrogen and oxygen atoms in total. The van der Waals surface area contributed by atoms with Crippen LogP contribution in [0.15, 0.2) is 59.7 Å². The van der Waals surface area contributed by atoms with Crippen molar-refractivity contribution in [2.45, 2.75) is 0 Å². The molecule has 1 heterocycles. The van der Waals surface area contributed by atoms with Crippen molar-refractivity contribution in [1.82, 2.24) is 10.4 Å². The van der Waals surface area contributed by atoms with E-state index in [2.05, 4.69) is 20.8 Å². The van der Waals surface area contributed by atoms with Gasteiger partial charge in [-0.1, -0.05) is 29.8 Å². The molecule has 7 heteroatoms. The van der Waals surface area contributed by atoms with Crippen LogP contribution in [0.25, 0.3) is 10.9 Å². The van der Waals surface area contributed by atoms with Crippen molar-refractivity contribution < 1.29 is 4.39 Å². The molecule has 2 aromatic carbocycles. The van der Waals surface area contributed by atoms with Crippen LogP contribution in [0, 0.1) is 5.82 Å². The third kappa shape index (κ3) is 4.04. The molecule has 0 unspecified atom stereocenters. The minimum absolute atomic E-state index is 0.280. The second kappa shape index (κ2) is 7.33. The molecule has 3 rings (SSSR count). The number of aromatic nitrogens is 1. The van der Waals surface area contributed by atoms with Gasteiger partial charge in [0.1, 0.15) is 11.0 Å². The van der Waals surface area contributed by atoms with E-state index in [0.29, 0.717) is 16.4 Å². The maximum absolute atomic E-state index is 12.8. The molecule has 0 amide bonds. The molecule has 24 heavy (non-hydrogen) atoms. The lowest BCUT2D eigenvalue weighted by molar-refractivity contribution is 0.628. The zero-order chi connectivity index (χ0) is 16.9. The number of fused-ring (bicyclic) bond motifs is 1. The number of nitrogens with one attached hydrogen (secondary N) is 2. The van der Waals surface area contributed by atoms with Crippen molar-refractivity contribution in [3.63, 3.8) is 0 Å². The standard InChI is InChI=1S/C17H12ClFN4S/c18-16-12(9-11-3-1-2-4-15(11)22-16)10-20-23-17(24)21-14-7-5-13(19)6-8-14/h1-10H,(H2,21,23,24)/b20-10-. The monoisotopic (exact) mass is 358 g/mol. The number of hydrazone groups is 1. The van der Waals surface area contributed by atoms with Gasteiger partial charge in [-0.15, -0.1) is 0 Å². The Morgan fingerprint density at radius 3 is 2.71 bits per heavy atom. The second-order valence-corrected chi connectivity index (χ2v) is 5.66. The van der Waals surface area contributed by atoms with Gasteiger partial charge in [-0.05, 0) is 48.6 Å². The summed E-state index contributed by atoms with van der Waals surface area (Å²) in [5.41, 5.74) is 4.83. The molecule has 0 aliphatic heterocycles. The fourth-order valence-corrected chi connectivity index (χ4v) is 2.42. The summed E-state index contributed by atoms with van der Waals surface area (Å²) in [6.45, 7) is 0. The summed E-state index contributed by atoms with van der Waals surface area (Å²) >= 11 is 11.3. The van der Waals surface area contributed by atoms with Crippen molar-refractivity contribution in [2.24, 2.45) is 5.10 Å². The zero-order valence-electron chi connectivity index (χ0n) is 12.3. The normalized spacial score (nSPS) is 10.9. The highest BCUT2D eigenvalue weighted by atomic mass is 35.5. The second-order valence-electron chi connectivity index (χ2n) is 4.89. The lowest BCUT2D eigenvalue weighted by Crippen LogP contribution is -2.23. The molecule has 3 aromatic rings. The van der Waals surface area contributed by atoms with E-state index >= 15 is 0 Å². The van der Waals surface area contributed by atoms with Gasteiger partial charge in [0.25, 0.3) is 0 Å². The van der Waals surface area contributed by atoms with E-state index in [4.69, 9.17) is 23.8 Å². The van der Waals surface area contributed by atoms with Crippen molar-refractivity contribution >= 4 is 51.7 Å². The maximum Gasteiger partial charge on any atom is 0.191 e. The number of halogens is 2. The minimum Gasteiger partial charge on any atom is -0.331 e. The largest absolute Gasteiger partial charge is 0.331 e. The van der Waals surface area contributed by atoms with Gasteiger partial charge in [0.05, 0.1) is 11.7 Å². The van der Waals surface area contributed by atoms with Gasteiger partial charge in [-0.25, -0.2) is 9.37 Å². The summed E-state index contributed by atoms with van der Waals surface area (Å²) < 4.78 is 12.8. The SMILES string of the molecule is Fc1ccc(NC(=S)N/N=C\c2cc3ccccc3nc2Cl)cc1. The number of para-hydroxylation sites is 1. The summed E-state index contributed by atoms with van der Waals surface area (Å²) in [5, 5.41) is 8.54. The number of nitrogens with zero attached hydrogens (tertiary/aromatic N) is 2. The van der Waals surface area contributed by atoms with Crippen LogP contribution < -0.4 is 10.7 Å². The van der Waals surface area contributed by atoms with Crippen LogP contribution in [0.5, 0.6) is 0 Å². The Morgan fingerprint density at radius 2 is 1.92 bits per heavy atom. The molecule has 0 atom stereocenters. The average molecular weight is 359 g/mol. The fourth-order valence-electron chi connectivity index (χ4n) is 2.05. The Bertz CT molecular complexity index is 912. The average Bonchev–Trinajstić information content (AvgIpc) is 2.57. The maximum atomic E-state index is 12.8. The molecule has 0 saturated heterocycles. The van der Waals surface area contributed by atoms with E-state index in [1.165, 1.54) is 12.1 Å². The van der Waals surface area contributed by atoms with Gasteiger partial charge in [0.2, 0.25) is 0 Å². The molecule has 0 saturated carbocycles. The highest BCUT2D eigenvalue weighted by Gasteiger charge is 2.03. The number of rotatable bonds is 3. The molecule has 0 aliphatic carbocycles. The van der Waals surface area contributed by atoms with Gasteiger partial charge in [-0.2, -0.15) is 5.10 Å². The quantitative estimate of drug-likeness (QED) is 0.316. The first-order chi connectivity index (χ1) is 11.6. The molecule has 0 bridgehead atoms. The minimum atomic E-state index is -0.309. The number of hydrogen-bond donors (Lipinski definition) is 2. The lowest BCUT2D eigenvalue weighted by atomic mass is 10.2. The van der Waals surface area contributed by atoms with E-state index < -0.39 is 0 Å². The third-order valence-corrected chi connectivity index (χ3v) is 3.67. The summed E-state index contributed by atoms with van der Waals surface area (Å²) in [4.78, 5) is 4.31. The first-order valence-electron chi connectivity index (χ1n) is 7.03. The molecule has 0 radical (unpaired) electrons. The van der Waals surface area contributed by atoms with E-state index in [1.54, 1.807) is 18.3 Å². The van der Waals surface area contributed by atoms with E-state index in [-0.39, 0.29) is 10.9 Å².